The van der Waals surface area contributed by atoms with Crippen LogP contribution in [-0.4, -0.2) is 63.8 Å². The number of methoxy groups -OCH3 is 1. The van der Waals surface area contributed by atoms with Gasteiger partial charge in [0.05, 0.1) is 32.1 Å². The smallest absolute Gasteiger partial charge is 0.182 e. The molecule has 0 unspecified atom stereocenters. The lowest BCUT2D eigenvalue weighted by Crippen LogP contribution is -2.40. The fraction of sp³-hybridized carbons (Fsp3) is 0.400. The van der Waals surface area contributed by atoms with Gasteiger partial charge in [-0.2, -0.15) is 0 Å². The van der Waals surface area contributed by atoms with Crippen molar-refractivity contribution in [3.63, 3.8) is 0 Å². The molecule has 1 N–H and O–H groups in total. The second-order valence-electron chi connectivity index (χ2n) is 7.15. The van der Waals surface area contributed by atoms with E-state index < -0.39 is 0 Å². The number of nitrogens with zero attached hydrogens (tertiary/aromatic N) is 5. The van der Waals surface area contributed by atoms with E-state index >= 15 is 0 Å². The van der Waals surface area contributed by atoms with E-state index in [9.17, 15) is 0 Å². The van der Waals surface area contributed by atoms with E-state index in [1.54, 1.807) is 18.0 Å². The van der Waals surface area contributed by atoms with E-state index in [1.165, 1.54) is 0 Å². The number of rotatable bonds is 6. The summed E-state index contributed by atoms with van der Waals surface area (Å²) in [4.78, 5) is 4.36. The maximum Gasteiger partial charge on any atom is 0.182 e. The Morgan fingerprint density at radius 2 is 2.07 bits per heavy atom. The van der Waals surface area contributed by atoms with Crippen LogP contribution < -0.4 is 10.1 Å². The standard InChI is InChI=1S/C20H22N6O3/c1-27-15-7-4-5-13(9-15)20-23-24-25-26(20)17-12-29-18-16(11-28-19(17)18)22-10-14-6-2-3-8-21-14/h2-9,16-19,22H,10-12H2,1H3/t16-,17+,18-,19+/m0/s1. The van der Waals surface area contributed by atoms with Crippen molar-refractivity contribution < 1.29 is 14.2 Å². The Kier molecular flexibility index (Phi) is 4.92. The SMILES string of the molecule is COc1cccc(-c2nnnn2[C@@H]2CO[C@@H]3[C@@H]2OC[C@@H]3NCc2ccccn2)c1. The molecule has 2 saturated heterocycles. The normalized spacial score (nSPS) is 25.8. The summed E-state index contributed by atoms with van der Waals surface area (Å²) in [6.07, 6.45) is 1.64. The fourth-order valence-electron chi connectivity index (χ4n) is 3.97. The first-order chi connectivity index (χ1) is 14.3. The first-order valence-electron chi connectivity index (χ1n) is 9.62. The third-order valence-electron chi connectivity index (χ3n) is 5.43. The zero-order valence-corrected chi connectivity index (χ0v) is 16.0. The summed E-state index contributed by atoms with van der Waals surface area (Å²) in [6, 6.07) is 13.6. The summed E-state index contributed by atoms with van der Waals surface area (Å²) in [5, 5.41) is 15.9. The molecule has 0 amide bonds. The Morgan fingerprint density at radius 1 is 1.14 bits per heavy atom. The second-order valence-corrected chi connectivity index (χ2v) is 7.15. The van der Waals surface area contributed by atoms with Crippen LogP contribution in [0.25, 0.3) is 11.4 Å². The minimum absolute atomic E-state index is 0.0499. The highest BCUT2D eigenvalue weighted by molar-refractivity contribution is 5.57. The van der Waals surface area contributed by atoms with Crippen LogP contribution in [0.3, 0.4) is 0 Å². The van der Waals surface area contributed by atoms with Crippen molar-refractivity contribution in [3.05, 3.63) is 54.4 Å². The number of hydrogen-bond donors (Lipinski definition) is 1. The lowest BCUT2D eigenvalue weighted by atomic mass is 10.1. The van der Waals surface area contributed by atoms with E-state index in [0.29, 0.717) is 25.6 Å². The summed E-state index contributed by atoms with van der Waals surface area (Å²) in [6.45, 7) is 1.75. The molecule has 3 aromatic rings. The molecule has 0 spiro atoms. The van der Waals surface area contributed by atoms with E-state index in [1.807, 2.05) is 42.5 Å². The van der Waals surface area contributed by atoms with Crippen LogP contribution in [0, 0.1) is 0 Å². The number of benzene rings is 1. The van der Waals surface area contributed by atoms with Gasteiger partial charge < -0.3 is 19.5 Å². The van der Waals surface area contributed by atoms with E-state index in [4.69, 9.17) is 14.2 Å². The van der Waals surface area contributed by atoms with Crippen LogP contribution in [-0.2, 0) is 16.0 Å². The molecule has 150 valence electrons. The average molecular weight is 394 g/mol. The Labute approximate surface area is 168 Å². The Balaban J connectivity index is 1.31. The predicted molar refractivity (Wildman–Crippen MR) is 103 cm³/mol. The lowest BCUT2D eigenvalue weighted by Gasteiger charge is -2.18. The van der Waals surface area contributed by atoms with Crippen LogP contribution in [0.4, 0.5) is 0 Å². The van der Waals surface area contributed by atoms with Crippen molar-refractivity contribution >= 4 is 0 Å². The maximum atomic E-state index is 6.10. The third-order valence-corrected chi connectivity index (χ3v) is 5.43. The third kappa shape index (κ3) is 3.48. The summed E-state index contributed by atoms with van der Waals surface area (Å²) in [5.74, 6) is 1.43. The van der Waals surface area contributed by atoms with Crippen molar-refractivity contribution in [2.24, 2.45) is 0 Å². The summed E-state index contributed by atoms with van der Waals surface area (Å²) >= 11 is 0. The van der Waals surface area contributed by atoms with E-state index in [-0.39, 0.29) is 24.3 Å². The topological polar surface area (TPSA) is 96.2 Å². The molecule has 4 atom stereocenters. The highest BCUT2D eigenvalue weighted by atomic mass is 16.6. The van der Waals surface area contributed by atoms with Gasteiger partial charge in [0.1, 0.15) is 24.0 Å². The van der Waals surface area contributed by atoms with Gasteiger partial charge in [-0.05, 0) is 34.7 Å². The zero-order valence-electron chi connectivity index (χ0n) is 16.0. The molecule has 0 aliphatic carbocycles. The van der Waals surface area contributed by atoms with Gasteiger partial charge in [-0.1, -0.05) is 18.2 Å². The molecule has 29 heavy (non-hydrogen) atoms. The molecular formula is C20H22N6O3. The summed E-state index contributed by atoms with van der Waals surface area (Å²) in [7, 11) is 1.64. The van der Waals surface area contributed by atoms with Gasteiger partial charge in [-0.15, -0.1) is 5.10 Å². The molecule has 4 heterocycles. The molecule has 0 radical (unpaired) electrons. The lowest BCUT2D eigenvalue weighted by molar-refractivity contribution is 0.0621. The summed E-state index contributed by atoms with van der Waals surface area (Å²) < 4.78 is 19.3. The first-order valence-corrected chi connectivity index (χ1v) is 9.62. The van der Waals surface area contributed by atoms with Gasteiger partial charge in [0.2, 0.25) is 0 Å². The summed E-state index contributed by atoms with van der Waals surface area (Å²) in [5.41, 5.74) is 1.88. The molecule has 9 heteroatoms. The molecule has 1 aromatic carbocycles. The molecule has 5 rings (SSSR count). The molecule has 2 aliphatic rings. The van der Waals surface area contributed by atoms with Crippen molar-refractivity contribution in [2.45, 2.75) is 30.8 Å². The monoisotopic (exact) mass is 394 g/mol. The minimum Gasteiger partial charge on any atom is -0.497 e. The predicted octanol–water partition coefficient (Wildman–Crippen LogP) is 1.24. The van der Waals surface area contributed by atoms with Gasteiger partial charge >= 0.3 is 0 Å². The highest BCUT2D eigenvalue weighted by Crippen LogP contribution is 2.36. The number of ether oxygens (including phenoxy) is 3. The Bertz CT molecular complexity index is 966. The van der Waals surface area contributed by atoms with Crippen molar-refractivity contribution in [1.29, 1.82) is 0 Å². The van der Waals surface area contributed by atoms with Crippen LogP contribution in [0.1, 0.15) is 11.7 Å². The number of pyridine rings is 1. The highest BCUT2D eigenvalue weighted by Gasteiger charge is 2.49. The molecule has 9 nitrogen and oxygen atoms in total. The molecule has 2 aromatic heterocycles. The molecular weight excluding hydrogens is 372 g/mol. The zero-order chi connectivity index (χ0) is 19.6. The molecule has 0 bridgehead atoms. The van der Waals surface area contributed by atoms with Gasteiger partial charge in [0.15, 0.2) is 5.82 Å². The average Bonchev–Trinajstić information content (AvgIpc) is 3.49. The fourth-order valence-corrected chi connectivity index (χ4v) is 3.97. The number of fused-ring (bicyclic) bond motifs is 1. The quantitative estimate of drug-likeness (QED) is 0.667. The molecule has 2 aliphatic heterocycles. The Morgan fingerprint density at radius 3 is 2.93 bits per heavy atom. The van der Waals surface area contributed by atoms with Gasteiger partial charge in [0.25, 0.3) is 0 Å². The largest absolute Gasteiger partial charge is 0.497 e. The first kappa shape index (κ1) is 18.2. The van der Waals surface area contributed by atoms with Gasteiger partial charge in [-0.25, -0.2) is 4.68 Å². The van der Waals surface area contributed by atoms with Gasteiger partial charge in [-0.3, -0.25) is 4.98 Å². The number of hydrogen-bond acceptors (Lipinski definition) is 8. The Hall–Kier alpha value is -2.88. The second kappa shape index (κ2) is 7.86. The van der Waals surface area contributed by atoms with Crippen molar-refractivity contribution in [1.82, 2.24) is 30.5 Å². The number of tetrazole rings is 1. The van der Waals surface area contributed by atoms with Crippen LogP contribution in [0.5, 0.6) is 5.75 Å². The van der Waals surface area contributed by atoms with Crippen LogP contribution >= 0.6 is 0 Å². The van der Waals surface area contributed by atoms with E-state index in [0.717, 1.165) is 17.0 Å². The minimum atomic E-state index is -0.107. The van der Waals surface area contributed by atoms with Crippen molar-refractivity contribution in [2.75, 3.05) is 20.3 Å². The van der Waals surface area contributed by atoms with Crippen molar-refractivity contribution in [3.8, 4) is 17.1 Å². The molecule has 2 fully saturated rings. The van der Waals surface area contributed by atoms with Crippen LogP contribution in [0.2, 0.25) is 0 Å². The van der Waals surface area contributed by atoms with Crippen LogP contribution in [0.15, 0.2) is 48.7 Å². The van der Waals surface area contributed by atoms with Gasteiger partial charge in [0, 0.05) is 18.3 Å². The number of nitrogens with one attached hydrogen (secondary N) is 1. The molecule has 0 saturated carbocycles. The number of aromatic nitrogens is 5. The maximum absolute atomic E-state index is 6.10. The van der Waals surface area contributed by atoms with E-state index in [2.05, 4.69) is 25.8 Å².